The molecule has 1 saturated carbocycles. The Bertz CT molecular complexity index is 538. The van der Waals surface area contributed by atoms with Gasteiger partial charge in [0, 0.05) is 18.6 Å². The van der Waals surface area contributed by atoms with E-state index >= 15 is 0 Å². The van der Waals surface area contributed by atoms with E-state index in [0.717, 1.165) is 37.9 Å². The molecular formula is C18H25NO3. The Morgan fingerprint density at radius 1 is 1.23 bits per heavy atom. The smallest absolute Gasteiger partial charge is 0.230 e. The number of aromatic hydroxyl groups is 1. The molecule has 1 aromatic rings. The van der Waals surface area contributed by atoms with Crippen molar-refractivity contribution in [3.63, 3.8) is 0 Å². The standard InChI is InChI=1S/C18H25NO3/c1-18(2,12-6-8-13(20)9-7-12)17(21)19-15-4-3-5-16-14(15)10-11-22-16/h6-9,14-16,20H,3-5,10-11H2,1-2H3,(H,19,21)/t14-,15-,16-/m1/s1. The van der Waals surface area contributed by atoms with Crippen LogP contribution in [0.1, 0.15) is 45.1 Å². The van der Waals surface area contributed by atoms with Crippen molar-refractivity contribution in [2.75, 3.05) is 6.61 Å². The molecule has 0 radical (unpaired) electrons. The first-order valence-corrected chi connectivity index (χ1v) is 8.20. The summed E-state index contributed by atoms with van der Waals surface area (Å²) in [7, 11) is 0. The number of carbonyl (C=O) groups excluding carboxylic acids is 1. The lowest BCUT2D eigenvalue weighted by Crippen LogP contribution is -2.50. The first-order chi connectivity index (χ1) is 10.5. The molecule has 0 spiro atoms. The highest BCUT2D eigenvalue weighted by Crippen LogP contribution is 2.35. The Morgan fingerprint density at radius 2 is 1.95 bits per heavy atom. The van der Waals surface area contributed by atoms with Gasteiger partial charge in [-0.15, -0.1) is 0 Å². The van der Waals surface area contributed by atoms with E-state index in [0.29, 0.717) is 12.0 Å². The van der Waals surface area contributed by atoms with Gasteiger partial charge >= 0.3 is 0 Å². The predicted octanol–water partition coefficient (Wildman–Crippen LogP) is 2.74. The molecule has 2 aliphatic rings. The molecule has 120 valence electrons. The Morgan fingerprint density at radius 3 is 2.68 bits per heavy atom. The third kappa shape index (κ3) is 2.84. The molecule has 4 nitrogen and oxygen atoms in total. The quantitative estimate of drug-likeness (QED) is 0.902. The van der Waals surface area contributed by atoms with Crippen LogP contribution in [0.5, 0.6) is 5.75 Å². The highest BCUT2D eigenvalue weighted by atomic mass is 16.5. The topological polar surface area (TPSA) is 58.6 Å². The molecule has 0 aromatic heterocycles. The van der Waals surface area contributed by atoms with Gasteiger partial charge in [-0.1, -0.05) is 12.1 Å². The monoisotopic (exact) mass is 303 g/mol. The Kier molecular flexibility index (Phi) is 4.13. The van der Waals surface area contributed by atoms with E-state index in [1.165, 1.54) is 0 Å². The molecule has 1 heterocycles. The molecule has 1 amide bonds. The van der Waals surface area contributed by atoms with Crippen LogP contribution in [-0.4, -0.2) is 29.8 Å². The summed E-state index contributed by atoms with van der Waals surface area (Å²) in [6.45, 7) is 4.68. The summed E-state index contributed by atoms with van der Waals surface area (Å²) in [5, 5.41) is 12.7. The zero-order valence-corrected chi connectivity index (χ0v) is 13.3. The fourth-order valence-corrected chi connectivity index (χ4v) is 3.71. The van der Waals surface area contributed by atoms with Crippen LogP contribution in [0, 0.1) is 5.92 Å². The molecule has 3 rings (SSSR count). The second-order valence-corrected chi connectivity index (χ2v) is 7.04. The van der Waals surface area contributed by atoms with E-state index in [2.05, 4.69) is 5.32 Å². The number of amides is 1. The first-order valence-electron chi connectivity index (χ1n) is 8.20. The molecule has 3 atom stereocenters. The maximum absolute atomic E-state index is 12.8. The normalized spacial score (nSPS) is 28.2. The number of hydrogen-bond acceptors (Lipinski definition) is 3. The van der Waals surface area contributed by atoms with Crippen molar-refractivity contribution >= 4 is 5.91 Å². The summed E-state index contributed by atoms with van der Waals surface area (Å²) in [5.74, 6) is 0.738. The van der Waals surface area contributed by atoms with Crippen LogP contribution < -0.4 is 5.32 Å². The second-order valence-electron chi connectivity index (χ2n) is 7.04. The molecule has 22 heavy (non-hydrogen) atoms. The zero-order chi connectivity index (χ0) is 15.7. The van der Waals surface area contributed by atoms with Crippen LogP contribution in [0.4, 0.5) is 0 Å². The molecule has 2 N–H and O–H groups in total. The summed E-state index contributed by atoms with van der Waals surface area (Å²) in [6, 6.07) is 7.12. The molecule has 1 aliphatic heterocycles. The van der Waals surface area contributed by atoms with Crippen LogP contribution in [0.2, 0.25) is 0 Å². The Labute approximate surface area is 131 Å². The lowest BCUT2D eigenvalue weighted by molar-refractivity contribution is -0.127. The van der Waals surface area contributed by atoms with Gasteiger partial charge in [0.2, 0.25) is 5.91 Å². The van der Waals surface area contributed by atoms with Crippen LogP contribution in [-0.2, 0) is 14.9 Å². The molecule has 1 aliphatic carbocycles. The van der Waals surface area contributed by atoms with Gasteiger partial charge in [-0.3, -0.25) is 4.79 Å². The van der Waals surface area contributed by atoms with Crippen LogP contribution in [0.3, 0.4) is 0 Å². The van der Waals surface area contributed by atoms with E-state index in [9.17, 15) is 9.90 Å². The summed E-state index contributed by atoms with van der Waals surface area (Å²) < 4.78 is 5.77. The molecule has 4 heteroatoms. The molecule has 0 bridgehead atoms. The maximum Gasteiger partial charge on any atom is 0.230 e. The minimum absolute atomic E-state index is 0.0516. The van der Waals surface area contributed by atoms with Gasteiger partial charge in [0.15, 0.2) is 0 Å². The third-order valence-corrected chi connectivity index (χ3v) is 5.25. The average molecular weight is 303 g/mol. The van der Waals surface area contributed by atoms with E-state index in [-0.39, 0.29) is 17.7 Å². The maximum atomic E-state index is 12.8. The fourth-order valence-electron chi connectivity index (χ4n) is 3.71. The Hall–Kier alpha value is -1.55. The average Bonchev–Trinajstić information content (AvgIpc) is 2.97. The number of carbonyl (C=O) groups is 1. The van der Waals surface area contributed by atoms with Crippen LogP contribution in [0.15, 0.2) is 24.3 Å². The lowest BCUT2D eigenvalue weighted by atomic mass is 9.79. The molecule has 2 fully saturated rings. The highest BCUT2D eigenvalue weighted by Gasteiger charge is 2.40. The fraction of sp³-hybridized carbons (Fsp3) is 0.611. The van der Waals surface area contributed by atoms with Gasteiger partial charge in [0.1, 0.15) is 5.75 Å². The molecule has 0 unspecified atom stereocenters. The summed E-state index contributed by atoms with van der Waals surface area (Å²) in [5.41, 5.74) is 0.304. The largest absolute Gasteiger partial charge is 0.508 e. The van der Waals surface area contributed by atoms with Gasteiger partial charge in [-0.25, -0.2) is 0 Å². The van der Waals surface area contributed by atoms with E-state index in [1.54, 1.807) is 12.1 Å². The SMILES string of the molecule is CC(C)(C(=O)N[C@@H]1CCC[C@H]2OCC[C@H]12)c1ccc(O)cc1. The highest BCUT2D eigenvalue weighted by molar-refractivity contribution is 5.87. The van der Waals surface area contributed by atoms with E-state index in [1.807, 2.05) is 26.0 Å². The van der Waals surface area contributed by atoms with Crippen molar-refractivity contribution in [1.29, 1.82) is 0 Å². The number of benzene rings is 1. The lowest BCUT2D eigenvalue weighted by Gasteiger charge is -2.35. The van der Waals surface area contributed by atoms with E-state index in [4.69, 9.17) is 4.74 Å². The van der Waals surface area contributed by atoms with Crippen LogP contribution >= 0.6 is 0 Å². The number of ether oxygens (including phenoxy) is 1. The zero-order valence-electron chi connectivity index (χ0n) is 13.3. The number of fused-ring (bicyclic) bond motifs is 1. The molecular weight excluding hydrogens is 278 g/mol. The first kappa shape index (κ1) is 15.3. The van der Waals surface area contributed by atoms with Crippen molar-refractivity contribution in [2.24, 2.45) is 5.92 Å². The van der Waals surface area contributed by atoms with Crippen molar-refractivity contribution < 1.29 is 14.6 Å². The third-order valence-electron chi connectivity index (χ3n) is 5.25. The minimum atomic E-state index is -0.611. The van der Waals surface area contributed by atoms with Gasteiger partial charge in [0.25, 0.3) is 0 Å². The van der Waals surface area contributed by atoms with Crippen molar-refractivity contribution in [2.45, 2.75) is 57.1 Å². The summed E-state index contributed by atoms with van der Waals surface area (Å²) in [4.78, 5) is 12.8. The molecule has 1 aromatic carbocycles. The predicted molar refractivity (Wildman–Crippen MR) is 84.8 cm³/mol. The van der Waals surface area contributed by atoms with Crippen molar-refractivity contribution in [3.8, 4) is 5.75 Å². The van der Waals surface area contributed by atoms with Gasteiger partial charge in [0.05, 0.1) is 11.5 Å². The molecule has 1 saturated heterocycles. The van der Waals surface area contributed by atoms with Gasteiger partial charge in [-0.05, 0) is 57.2 Å². The minimum Gasteiger partial charge on any atom is -0.508 e. The number of phenols is 1. The second kappa shape index (κ2) is 5.92. The number of hydrogen-bond donors (Lipinski definition) is 2. The van der Waals surface area contributed by atoms with Crippen LogP contribution in [0.25, 0.3) is 0 Å². The number of rotatable bonds is 3. The van der Waals surface area contributed by atoms with Crippen molar-refractivity contribution in [1.82, 2.24) is 5.32 Å². The van der Waals surface area contributed by atoms with Gasteiger partial charge in [-0.2, -0.15) is 0 Å². The summed E-state index contributed by atoms with van der Waals surface area (Å²) in [6.07, 6.45) is 4.66. The summed E-state index contributed by atoms with van der Waals surface area (Å²) >= 11 is 0. The Balaban J connectivity index is 1.71. The van der Waals surface area contributed by atoms with Gasteiger partial charge < -0.3 is 15.2 Å². The number of phenolic OH excluding ortho intramolecular Hbond substituents is 1. The van der Waals surface area contributed by atoms with Crippen molar-refractivity contribution in [3.05, 3.63) is 29.8 Å². The number of nitrogens with one attached hydrogen (secondary N) is 1. The van der Waals surface area contributed by atoms with E-state index < -0.39 is 5.41 Å².